The lowest BCUT2D eigenvalue weighted by Gasteiger charge is -2.15. The van der Waals surface area contributed by atoms with Crippen LogP contribution in [0, 0.1) is 15.9 Å². The number of halogens is 1. The van der Waals surface area contributed by atoms with Crippen molar-refractivity contribution in [1.82, 2.24) is 0 Å². The van der Waals surface area contributed by atoms with Crippen molar-refractivity contribution < 1.29 is 24.0 Å². The predicted molar refractivity (Wildman–Crippen MR) is 72.1 cm³/mol. The number of ether oxygens (including phenoxy) is 1. The largest absolute Gasteiger partial charge is 0.477 e. The van der Waals surface area contributed by atoms with E-state index in [1.165, 1.54) is 0 Å². The summed E-state index contributed by atoms with van der Waals surface area (Å²) in [6.07, 6.45) is 2.35. The summed E-state index contributed by atoms with van der Waals surface area (Å²) in [6, 6.07) is 1.55. The fourth-order valence-electron chi connectivity index (χ4n) is 2.50. The van der Waals surface area contributed by atoms with E-state index < -0.39 is 28.0 Å². The van der Waals surface area contributed by atoms with Gasteiger partial charge in [-0.25, -0.2) is 9.18 Å². The Bertz CT molecular complexity index is 578. The lowest BCUT2D eigenvalue weighted by molar-refractivity contribution is -0.385. The molecule has 0 bridgehead atoms. The summed E-state index contributed by atoms with van der Waals surface area (Å²) in [7, 11) is 1.60. The van der Waals surface area contributed by atoms with Crippen LogP contribution >= 0.6 is 0 Å². The van der Waals surface area contributed by atoms with Gasteiger partial charge in [0.15, 0.2) is 5.82 Å². The summed E-state index contributed by atoms with van der Waals surface area (Å²) in [4.78, 5) is 20.9. The van der Waals surface area contributed by atoms with Crippen molar-refractivity contribution >= 4 is 17.3 Å². The second-order valence-corrected chi connectivity index (χ2v) is 4.92. The number of hydrogen-bond donors (Lipinski definition) is 2. The van der Waals surface area contributed by atoms with Gasteiger partial charge in [0.25, 0.3) is 5.69 Å². The maximum atomic E-state index is 13.9. The first kappa shape index (κ1) is 15.2. The second-order valence-electron chi connectivity index (χ2n) is 4.92. The molecule has 8 heteroatoms. The van der Waals surface area contributed by atoms with Crippen molar-refractivity contribution in [2.75, 3.05) is 12.4 Å². The van der Waals surface area contributed by atoms with Crippen LogP contribution in [0.1, 0.15) is 29.6 Å². The quantitative estimate of drug-likeness (QED) is 0.639. The van der Waals surface area contributed by atoms with Crippen LogP contribution in [0.15, 0.2) is 12.1 Å². The molecule has 0 spiro atoms. The van der Waals surface area contributed by atoms with Gasteiger partial charge in [-0.2, -0.15) is 0 Å². The molecule has 1 aromatic carbocycles. The smallest absolute Gasteiger partial charge is 0.342 e. The van der Waals surface area contributed by atoms with Crippen molar-refractivity contribution in [2.45, 2.75) is 31.4 Å². The molecule has 0 radical (unpaired) electrons. The van der Waals surface area contributed by atoms with Crippen LogP contribution in [-0.2, 0) is 4.74 Å². The van der Waals surface area contributed by atoms with E-state index in [4.69, 9.17) is 9.84 Å². The average molecular weight is 298 g/mol. The molecule has 1 aliphatic rings. The fraction of sp³-hybridized carbons (Fsp3) is 0.462. The lowest BCUT2D eigenvalue weighted by atomic mass is 10.1. The number of carboxylic acid groups (broad SMARTS) is 1. The van der Waals surface area contributed by atoms with E-state index in [0.29, 0.717) is 12.5 Å². The number of rotatable bonds is 5. The molecule has 1 saturated carbocycles. The number of methoxy groups -OCH3 is 1. The normalized spacial score (nSPS) is 21.2. The number of anilines is 1. The molecule has 2 unspecified atom stereocenters. The summed E-state index contributed by atoms with van der Waals surface area (Å²) in [5.41, 5.74) is -1.34. The fourth-order valence-corrected chi connectivity index (χ4v) is 2.50. The highest BCUT2D eigenvalue weighted by Crippen LogP contribution is 2.30. The number of nitro groups is 1. The number of nitro benzene ring substituents is 1. The highest BCUT2D eigenvalue weighted by molar-refractivity contribution is 5.93. The minimum absolute atomic E-state index is 0.0419. The van der Waals surface area contributed by atoms with E-state index >= 15 is 0 Å². The zero-order valence-electron chi connectivity index (χ0n) is 11.3. The Hall–Kier alpha value is -2.22. The number of nitrogens with one attached hydrogen (secondary N) is 1. The Morgan fingerprint density at radius 3 is 2.76 bits per heavy atom. The van der Waals surface area contributed by atoms with E-state index in [1.54, 1.807) is 7.11 Å². The minimum Gasteiger partial charge on any atom is -0.477 e. The van der Waals surface area contributed by atoms with Crippen LogP contribution in [0.5, 0.6) is 0 Å². The summed E-state index contributed by atoms with van der Waals surface area (Å²) in [5, 5.41) is 22.6. The predicted octanol–water partition coefficient (Wildman–Crippen LogP) is 2.41. The van der Waals surface area contributed by atoms with Crippen molar-refractivity contribution in [3.05, 3.63) is 33.6 Å². The van der Waals surface area contributed by atoms with Crippen molar-refractivity contribution in [3.8, 4) is 0 Å². The van der Waals surface area contributed by atoms with E-state index in [0.717, 1.165) is 18.9 Å². The minimum atomic E-state index is -1.47. The molecule has 1 aromatic rings. The molecule has 0 aromatic heterocycles. The van der Waals surface area contributed by atoms with E-state index in [9.17, 15) is 19.3 Å². The van der Waals surface area contributed by atoms with Gasteiger partial charge in [0, 0.05) is 13.2 Å². The van der Waals surface area contributed by atoms with Crippen molar-refractivity contribution in [3.63, 3.8) is 0 Å². The Balaban J connectivity index is 2.26. The summed E-state index contributed by atoms with van der Waals surface area (Å²) >= 11 is 0. The Morgan fingerprint density at radius 2 is 2.24 bits per heavy atom. The molecule has 2 atom stereocenters. The molecule has 2 N–H and O–H groups in total. The van der Waals surface area contributed by atoms with E-state index in [2.05, 4.69) is 5.32 Å². The second kappa shape index (κ2) is 6.04. The third-order valence-electron chi connectivity index (χ3n) is 3.59. The van der Waals surface area contributed by atoms with Crippen LogP contribution in [0.3, 0.4) is 0 Å². The first-order valence-corrected chi connectivity index (χ1v) is 6.43. The standard InChI is InChI=1S/C13H15FN2O5/c1-21-8-3-2-7(4-8)15-11-5-9(13(17)18)12(16(19)20)6-10(11)14/h5-8,15H,2-4H2,1H3,(H,17,18). The number of hydrogen-bond acceptors (Lipinski definition) is 5. The van der Waals surface area contributed by atoms with Crippen LogP contribution in [-0.4, -0.2) is 35.3 Å². The van der Waals surface area contributed by atoms with Gasteiger partial charge in [-0.15, -0.1) is 0 Å². The summed E-state index contributed by atoms with van der Waals surface area (Å²) in [5.74, 6) is -2.31. The zero-order chi connectivity index (χ0) is 15.6. The molecular formula is C13H15FN2O5. The first-order chi connectivity index (χ1) is 9.92. The van der Waals surface area contributed by atoms with Gasteiger partial charge >= 0.3 is 5.97 Å². The molecule has 0 amide bonds. The lowest BCUT2D eigenvalue weighted by Crippen LogP contribution is -2.18. The number of carbonyl (C=O) groups is 1. The van der Waals surface area contributed by atoms with Gasteiger partial charge in [0.05, 0.1) is 22.8 Å². The highest BCUT2D eigenvalue weighted by atomic mass is 19.1. The monoisotopic (exact) mass is 298 g/mol. The summed E-state index contributed by atoms with van der Waals surface area (Å²) in [6.45, 7) is 0. The summed E-state index contributed by atoms with van der Waals surface area (Å²) < 4.78 is 19.1. The van der Waals surface area contributed by atoms with Crippen LogP contribution in [0.2, 0.25) is 0 Å². The maximum Gasteiger partial charge on any atom is 0.342 e. The third-order valence-corrected chi connectivity index (χ3v) is 3.59. The maximum absolute atomic E-state index is 13.9. The van der Waals surface area contributed by atoms with Crippen LogP contribution < -0.4 is 5.32 Å². The molecule has 0 heterocycles. The third kappa shape index (κ3) is 3.27. The van der Waals surface area contributed by atoms with Gasteiger partial charge < -0.3 is 15.2 Å². The molecule has 0 saturated heterocycles. The topological polar surface area (TPSA) is 102 Å². The van der Waals surface area contributed by atoms with Gasteiger partial charge in [0.2, 0.25) is 0 Å². The molecular weight excluding hydrogens is 283 g/mol. The molecule has 7 nitrogen and oxygen atoms in total. The van der Waals surface area contributed by atoms with E-state index in [1.807, 2.05) is 0 Å². The molecule has 1 aliphatic carbocycles. The molecule has 0 aliphatic heterocycles. The molecule has 21 heavy (non-hydrogen) atoms. The Kier molecular flexibility index (Phi) is 4.37. The number of aromatic carboxylic acids is 1. The van der Waals surface area contributed by atoms with Gasteiger partial charge in [-0.05, 0) is 25.3 Å². The Labute approximate surface area is 119 Å². The van der Waals surface area contributed by atoms with E-state index in [-0.39, 0.29) is 17.8 Å². The highest BCUT2D eigenvalue weighted by Gasteiger charge is 2.27. The Morgan fingerprint density at radius 1 is 1.52 bits per heavy atom. The average Bonchev–Trinajstić information content (AvgIpc) is 2.87. The molecule has 2 rings (SSSR count). The van der Waals surface area contributed by atoms with Crippen LogP contribution in [0.25, 0.3) is 0 Å². The van der Waals surface area contributed by atoms with Crippen molar-refractivity contribution in [1.29, 1.82) is 0 Å². The molecule has 114 valence electrons. The number of nitrogens with zero attached hydrogens (tertiary/aromatic N) is 1. The molecule has 1 fully saturated rings. The SMILES string of the molecule is COC1CCC(Nc2cc(C(=O)O)c([N+](=O)[O-])cc2F)C1. The number of carboxylic acids is 1. The van der Waals surface area contributed by atoms with Gasteiger partial charge in [-0.1, -0.05) is 0 Å². The van der Waals surface area contributed by atoms with Crippen molar-refractivity contribution in [2.24, 2.45) is 0 Å². The first-order valence-electron chi connectivity index (χ1n) is 6.43. The van der Waals surface area contributed by atoms with Crippen LogP contribution in [0.4, 0.5) is 15.8 Å². The van der Waals surface area contributed by atoms with Gasteiger partial charge in [-0.3, -0.25) is 10.1 Å². The zero-order valence-corrected chi connectivity index (χ0v) is 11.3. The number of benzene rings is 1. The van der Waals surface area contributed by atoms with Gasteiger partial charge in [0.1, 0.15) is 5.56 Å².